The zero-order valence-corrected chi connectivity index (χ0v) is 25.7. The monoisotopic (exact) mass is 607 g/mol. The molecule has 8 nitrogen and oxygen atoms in total. The van der Waals surface area contributed by atoms with Gasteiger partial charge in [-0.3, -0.25) is 14.4 Å². The van der Waals surface area contributed by atoms with Crippen molar-refractivity contribution < 1.29 is 23.9 Å². The number of carbonyl (C=O) groups is 3. The first-order valence-corrected chi connectivity index (χ1v) is 16.4. The van der Waals surface area contributed by atoms with Crippen molar-refractivity contribution in [2.75, 3.05) is 26.2 Å². The molecule has 7 rings (SSSR count). The topological polar surface area (TPSA) is 88.2 Å². The van der Waals surface area contributed by atoms with Crippen molar-refractivity contribution in [3.8, 4) is 5.75 Å². The molecule has 0 spiro atoms. The van der Waals surface area contributed by atoms with Crippen molar-refractivity contribution in [2.45, 2.75) is 63.8 Å². The van der Waals surface area contributed by atoms with Gasteiger partial charge in [0, 0.05) is 37.3 Å². The first-order valence-electron chi connectivity index (χ1n) is 16.4. The van der Waals surface area contributed by atoms with Crippen molar-refractivity contribution in [3.05, 3.63) is 101 Å². The average molecular weight is 608 g/mol. The Kier molecular flexibility index (Phi) is 8.57. The largest absolute Gasteiger partial charge is 0.489 e. The number of carbonyl (C=O) groups excluding carboxylic acids is 3. The van der Waals surface area contributed by atoms with Gasteiger partial charge in [-0.25, -0.2) is 0 Å². The molecular formula is C37H41N3O5. The number of benzene rings is 3. The predicted molar refractivity (Wildman–Crippen MR) is 169 cm³/mol. The Labute approximate surface area is 264 Å². The smallest absolute Gasteiger partial charge is 0.310 e. The highest BCUT2D eigenvalue weighted by molar-refractivity contribution is 5.98. The highest BCUT2D eigenvalue weighted by Gasteiger charge is 2.44. The predicted octanol–water partition coefficient (Wildman–Crippen LogP) is 5.06. The lowest BCUT2D eigenvalue weighted by Crippen LogP contribution is -2.50. The van der Waals surface area contributed by atoms with E-state index in [9.17, 15) is 14.4 Å². The van der Waals surface area contributed by atoms with Crippen LogP contribution in [0.15, 0.2) is 72.8 Å². The molecule has 0 unspecified atom stereocenters. The number of hydrogen-bond donors (Lipinski definition) is 1. The Morgan fingerprint density at radius 1 is 0.867 bits per heavy atom. The summed E-state index contributed by atoms with van der Waals surface area (Å²) in [5, 5.41) is 3.38. The standard InChI is InChI=1S/C37H41N3O5/c41-35-29-13-5-4-11-27(29)22-39(35)23-32-34-26(12-8-16-33(34)45-28-17-19-38-21-28)18-20-40(32)36(42)30-14-6-7-15-31(30)37(43)44-24-25-9-2-1-3-10-25/h1-5,8-13,16,28,30-32,38H,6-7,14-15,17-24H2/t28-,30+,31-,32+/m0/s1. The second kappa shape index (κ2) is 13.1. The minimum atomic E-state index is -0.481. The molecule has 45 heavy (non-hydrogen) atoms. The number of esters is 1. The molecule has 3 aromatic rings. The molecule has 2 amide bonds. The lowest BCUT2D eigenvalue weighted by molar-refractivity contribution is -0.159. The van der Waals surface area contributed by atoms with Crippen LogP contribution in [0, 0.1) is 11.8 Å². The number of ether oxygens (including phenoxy) is 2. The third-order valence-corrected chi connectivity index (χ3v) is 9.98. The molecule has 1 saturated carbocycles. The second-order valence-corrected chi connectivity index (χ2v) is 12.8. The van der Waals surface area contributed by atoms with Crippen LogP contribution >= 0.6 is 0 Å². The third-order valence-electron chi connectivity index (χ3n) is 9.98. The zero-order valence-electron chi connectivity index (χ0n) is 25.7. The van der Waals surface area contributed by atoms with Gasteiger partial charge < -0.3 is 24.6 Å². The summed E-state index contributed by atoms with van der Waals surface area (Å²) in [6.07, 6.45) is 4.77. The molecule has 0 bridgehead atoms. The lowest BCUT2D eigenvalue weighted by Gasteiger charge is -2.43. The first-order chi connectivity index (χ1) is 22.1. The van der Waals surface area contributed by atoms with Crippen LogP contribution in [0.5, 0.6) is 5.75 Å². The van der Waals surface area contributed by atoms with Gasteiger partial charge in [-0.1, -0.05) is 73.5 Å². The van der Waals surface area contributed by atoms with E-state index in [1.807, 2.05) is 76.5 Å². The van der Waals surface area contributed by atoms with Gasteiger partial charge in [-0.2, -0.15) is 0 Å². The summed E-state index contributed by atoms with van der Waals surface area (Å²) in [7, 11) is 0. The highest BCUT2D eigenvalue weighted by Crippen LogP contribution is 2.42. The number of nitrogens with one attached hydrogen (secondary N) is 1. The van der Waals surface area contributed by atoms with Crippen LogP contribution in [0.4, 0.5) is 0 Å². The molecule has 1 saturated heterocycles. The van der Waals surface area contributed by atoms with Crippen molar-refractivity contribution in [3.63, 3.8) is 0 Å². The van der Waals surface area contributed by atoms with E-state index in [-0.39, 0.29) is 36.5 Å². The van der Waals surface area contributed by atoms with Gasteiger partial charge in [-0.15, -0.1) is 0 Å². The summed E-state index contributed by atoms with van der Waals surface area (Å²) in [6, 6.07) is 23.2. The normalized spacial score (nSPS) is 24.2. The maximum Gasteiger partial charge on any atom is 0.310 e. The minimum absolute atomic E-state index is 0.0106. The molecule has 0 aromatic heterocycles. The summed E-state index contributed by atoms with van der Waals surface area (Å²) in [6.45, 7) is 3.30. The van der Waals surface area contributed by atoms with Gasteiger partial charge in [-0.05, 0) is 61.1 Å². The van der Waals surface area contributed by atoms with E-state index < -0.39 is 11.8 Å². The van der Waals surface area contributed by atoms with Crippen molar-refractivity contribution in [1.82, 2.24) is 15.1 Å². The minimum Gasteiger partial charge on any atom is -0.489 e. The fourth-order valence-electron chi connectivity index (χ4n) is 7.63. The van der Waals surface area contributed by atoms with E-state index in [2.05, 4.69) is 11.4 Å². The van der Waals surface area contributed by atoms with Crippen molar-refractivity contribution >= 4 is 17.8 Å². The number of fused-ring (bicyclic) bond motifs is 2. The van der Waals surface area contributed by atoms with Crippen LogP contribution < -0.4 is 10.1 Å². The molecule has 3 aliphatic heterocycles. The zero-order chi connectivity index (χ0) is 30.8. The van der Waals surface area contributed by atoms with Gasteiger partial charge in [0.1, 0.15) is 18.5 Å². The van der Waals surface area contributed by atoms with Gasteiger partial charge in [0.05, 0.1) is 17.9 Å². The third kappa shape index (κ3) is 6.08. The average Bonchev–Trinajstić information content (AvgIpc) is 3.71. The molecule has 1 aliphatic carbocycles. The molecule has 3 aromatic carbocycles. The van der Waals surface area contributed by atoms with E-state index in [0.29, 0.717) is 38.9 Å². The Morgan fingerprint density at radius 3 is 2.44 bits per heavy atom. The first kappa shape index (κ1) is 29.5. The molecule has 234 valence electrons. The van der Waals surface area contributed by atoms with Crippen LogP contribution in [0.25, 0.3) is 0 Å². The van der Waals surface area contributed by atoms with E-state index >= 15 is 0 Å². The Balaban J connectivity index is 1.18. The van der Waals surface area contributed by atoms with Crippen LogP contribution in [0.3, 0.4) is 0 Å². The van der Waals surface area contributed by atoms with Gasteiger partial charge in [0.15, 0.2) is 0 Å². The van der Waals surface area contributed by atoms with Gasteiger partial charge in [0.2, 0.25) is 5.91 Å². The molecular weight excluding hydrogens is 566 g/mol. The fraction of sp³-hybridized carbons (Fsp3) is 0.432. The molecule has 8 heteroatoms. The van der Waals surface area contributed by atoms with Crippen LogP contribution in [0.2, 0.25) is 0 Å². The number of hydrogen-bond acceptors (Lipinski definition) is 6. The van der Waals surface area contributed by atoms with Crippen molar-refractivity contribution in [1.29, 1.82) is 0 Å². The number of rotatable bonds is 8. The van der Waals surface area contributed by atoms with Crippen LogP contribution in [0.1, 0.15) is 70.8 Å². The molecule has 4 aliphatic rings. The Bertz CT molecular complexity index is 1550. The van der Waals surface area contributed by atoms with E-state index in [4.69, 9.17) is 9.47 Å². The second-order valence-electron chi connectivity index (χ2n) is 12.8. The van der Waals surface area contributed by atoms with E-state index in [0.717, 1.165) is 65.9 Å². The van der Waals surface area contributed by atoms with Crippen LogP contribution in [-0.2, 0) is 33.9 Å². The number of nitrogens with zero attached hydrogens (tertiary/aromatic N) is 2. The maximum absolute atomic E-state index is 14.7. The molecule has 1 N–H and O–H groups in total. The highest BCUT2D eigenvalue weighted by atomic mass is 16.5. The summed E-state index contributed by atoms with van der Waals surface area (Å²) in [5.41, 5.74) is 4.80. The maximum atomic E-state index is 14.7. The van der Waals surface area contributed by atoms with Crippen LogP contribution in [-0.4, -0.2) is 59.9 Å². The lowest BCUT2D eigenvalue weighted by atomic mass is 9.77. The van der Waals surface area contributed by atoms with Gasteiger partial charge in [0.25, 0.3) is 5.91 Å². The molecule has 4 atom stereocenters. The molecule has 0 radical (unpaired) electrons. The fourth-order valence-corrected chi connectivity index (χ4v) is 7.63. The molecule has 3 heterocycles. The number of amides is 2. The van der Waals surface area contributed by atoms with Gasteiger partial charge >= 0.3 is 5.97 Å². The Hall–Kier alpha value is -4.17. The van der Waals surface area contributed by atoms with E-state index in [1.54, 1.807) is 0 Å². The van der Waals surface area contributed by atoms with Crippen molar-refractivity contribution in [2.24, 2.45) is 11.8 Å². The summed E-state index contributed by atoms with van der Waals surface area (Å²) < 4.78 is 12.4. The Morgan fingerprint density at radius 2 is 1.64 bits per heavy atom. The SMILES string of the molecule is O=C(OCc1ccccc1)[C@H]1CCCC[C@H]1C(=O)N1CCc2cccc(O[C@H]3CCNC3)c2[C@H]1CN1Cc2ccccc2C1=O. The van der Waals surface area contributed by atoms with E-state index in [1.165, 1.54) is 0 Å². The molecule has 2 fully saturated rings. The quantitative estimate of drug-likeness (QED) is 0.361. The summed E-state index contributed by atoms with van der Waals surface area (Å²) >= 11 is 0. The summed E-state index contributed by atoms with van der Waals surface area (Å²) in [4.78, 5) is 45.5. The summed E-state index contributed by atoms with van der Waals surface area (Å²) in [5.74, 6) is -0.475.